The summed E-state index contributed by atoms with van der Waals surface area (Å²) in [5.74, 6) is -3.04. The third kappa shape index (κ3) is 2.51. The number of carboxylic acid groups (broad SMARTS) is 1. The molecule has 5 N–H and O–H groups in total. The first kappa shape index (κ1) is 16.9. The average Bonchev–Trinajstić information content (AvgIpc) is 3.29. The molecule has 1 fully saturated rings. The molecule has 2 rings (SSSR count). The second kappa shape index (κ2) is 5.60. The minimum atomic E-state index is -4.40. The fraction of sp³-hybridized carbons (Fsp3) is 0.500. The molecule has 1 aromatic carbocycles. The molecule has 0 heterocycles. The van der Waals surface area contributed by atoms with Gasteiger partial charge in [0.2, 0.25) is 14.7 Å². The number of hydrogen-bond acceptors (Lipinski definition) is 5. The molecule has 2 unspecified atom stereocenters. The summed E-state index contributed by atoms with van der Waals surface area (Å²) in [6, 6.07) is 3.03. The van der Waals surface area contributed by atoms with Crippen molar-refractivity contribution >= 4 is 15.8 Å². The number of carboxylic acids is 1. The lowest BCUT2D eigenvalue weighted by Gasteiger charge is -2.31. The molecule has 1 saturated carbocycles. The van der Waals surface area contributed by atoms with Crippen LogP contribution < -0.4 is 11.5 Å². The molecule has 0 aromatic heterocycles. The lowest BCUT2D eigenvalue weighted by molar-refractivity contribution is -0.141. The van der Waals surface area contributed by atoms with E-state index in [1.807, 2.05) is 0 Å². The highest BCUT2D eigenvalue weighted by atomic mass is 32.2. The van der Waals surface area contributed by atoms with E-state index in [2.05, 4.69) is 0 Å². The highest BCUT2D eigenvalue weighted by Gasteiger charge is 2.56. The fourth-order valence-corrected chi connectivity index (χ4v) is 4.42. The molecule has 0 aliphatic heterocycles. The van der Waals surface area contributed by atoms with Crippen LogP contribution in [0.1, 0.15) is 25.3 Å². The van der Waals surface area contributed by atoms with E-state index >= 15 is 0 Å². The zero-order valence-corrected chi connectivity index (χ0v) is 12.9. The second-order valence-electron chi connectivity index (χ2n) is 5.69. The van der Waals surface area contributed by atoms with E-state index in [0.29, 0.717) is 0 Å². The van der Waals surface area contributed by atoms with Crippen molar-refractivity contribution < 1.29 is 22.7 Å². The Kier molecular flexibility index (Phi) is 4.29. The van der Waals surface area contributed by atoms with Crippen molar-refractivity contribution in [3.63, 3.8) is 0 Å². The Morgan fingerprint density at radius 1 is 1.50 bits per heavy atom. The monoisotopic (exact) mass is 330 g/mol. The molecule has 0 radical (unpaired) electrons. The molecule has 0 amide bonds. The molecule has 0 bridgehead atoms. The zero-order chi connectivity index (χ0) is 16.7. The van der Waals surface area contributed by atoms with Gasteiger partial charge in [-0.05, 0) is 37.0 Å². The smallest absolute Gasteiger partial charge is 0.340 e. The minimum Gasteiger partial charge on any atom is -0.479 e. The van der Waals surface area contributed by atoms with Crippen LogP contribution in [0.15, 0.2) is 23.1 Å². The quantitative estimate of drug-likeness (QED) is 0.664. The Bertz CT molecular complexity index is 703. The van der Waals surface area contributed by atoms with Gasteiger partial charge in [-0.25, -0.2) is 17.6 Å². The maximum absolute atomic E-state index is 13.5. The van der Waals surface area contributed by atoms with Crippen molar-refractivity contribution in [2.75, 3.05) is 0 Å². The van der Waals surface area contributed by atoms with E-state index in [9.17, 15) is 22.7 Å². The lowest BCUT2D eigenvalue weighted by atomic mass is 9.97. The normalized spacial score (nSPS) is 19.5. The van der Waals surface area contributed by atoms with Crippen LogP contribution in [0.4, 0.5) is 4.39 Å². The molecule has 0 saturated heterocycles. The fourth-order valence-electron chi connectivity index (χ4n) is 2.57. The van der Waals surface area contributed by atoms with Gasteiger partial charge in [0, 0.05) is 18.0 Å². The first-order valence-electron chi connectivity index (χ1n) is 6.91. The van der Waals surface area contributed by atoms with Crippen molar-refractivity contribution in [2.24, 2.45) is 23.3 Å². The summed E-state index contributed by atoms with van der Waals surface area (Å²) in [4.78, 5) is 8.86. The molecular weight excluding hydrogens is 311 g/mol. The average molecular weight is 330 g/mol. The minimum absolute atomic E-state index is 0.00658. The van der Waals surface area contributed by atoms with E-state index in [0.717, 1.165) is 31.0 Å². The number of nitrogens with two attached hydrogens (primary N) is 2. The number of sulfone groups is 1. The van der Waals surface area contributed by atoms with E-state index in [1.165, 1.54) is 6.92 Å². The highest BCUT2D eigenvalue weighted by Crippen LogP contribution is 2.44. The van der Waals surface area contributed by atoms with Gasteiger partial charge in [-0.15, -0.1) is 0 Å². The summed E-state index contributed by atoms with van der Waals surface area (Å²) in [5.41, 5.74) is 11.2. The van der Waals surface area contributed by atoms with Gasteiger partial charge in [-0.3, -0.25) is 0 Å². The van der Waals surface area contributed by atoms with Gasteiger partial charge in [0.25, 0.3) is 0 Å². The third-order valence-corrected chi connectivity index (χ3v) is 6.64. The molecule has 1 aliphatic carbocycles. The van der Waals surface area contributed by atoms with Crippen LogP contribution >= 0.6 is 0 Å². The van der Waals surface area contributed by atoms with E-state index in [1.54, 1.807) is 0 Å². The van der Waals surface area contributed by atoms with Crippen molar-refractivity contribution in [3.05, 3.63) is 29.6 Å². The summed E-state index contributed by atoms with van der Waals surface area (Å²) < 4.78 is 39.0. The molecule has 0 spiro atoms. The Balaban J connectivity index is 2.57. The standard InChI is InChI=1S/C14H19FN2O4S/c1-8(9-2-3-9)14(17,13(18)19)22(20,21)11-4-5-12(15)10(6-11)7-16/h4-6,8-9H,2-3,7,16-17H2,1H3,(H,18,19). The molecule has 122 valence electrons. The molecule has 2 atom stereocenters. The van der Waals surface area contributed by atoms with Crippen LogP contribution in [0.5, 0.6) is 0 Å². The van der Waals surface area contributed by atoms with Gasteiger partial charge >= 0.3 is 5.97 Å². The van der Waals surface area contributed by atoms with Crippen LogP contribution in [0.25, 0.3) is 0 Å². The van der Waals surface area contributed by atoms with Crippen LogP contribution in [-0.2, 0) is 21.2 Å². The lowest BCUT2D eigenvalue weighted by Crippen LogP contribution is -2.59. The zero-order valence-electron chi connectivity index (χ0n) is 12.1. The maximum Gasteiger partial charge on any atom is 0.340 e. The highest BCUT2D eigenvalue weighted by molar-refractivity contribution is 7.93. The molecule has 1 aliphatic rings. The topological polar surface area (TPSA) is 123 Å². The maximum atomic E-state index is 13.5. The van der Waals surface area contributed by atoms with Gasteiger partial charge < -0.3 is 16.6 Å². The Morgan fingerprint density at radius 3 is 2.55 bits per heavy atom. The largest absolute Gasteiger partial charge is 0.479 e. The van der Waals surface area contributed by atoms with Gasteiger partial charge in [0.1, 0.15) is 5.82 Å². The van der Waals surface area contributed by atoms with E-state index < -0.39 is 32.4 Å². The number of hydrogen-bond donors (Lipinski definition) is 3. The summed E-state index contributed by atoms with van der Waals surface area (Å²) in [5, 5.41) is 9.45. The van der Waals surface area contributed by atoms with Crippen LogP contribution in [0.2, 0.25) is 0 Å². The summed E-state index contributed by atoms with van der Waals surface area (Å²) in [6.45, 7) is 1.33. The second-order valence-corrected chi connectivity index (χ2v) is 7.84. The van der Waals surface area contributed by atoms with E-state index in [-0.39, 0.29) is 22.9 Å². The molecule has 1 aromatic rings. The van der Waals surface area contributed by atoms with Crippen molar-refractivity contribution in [1.82, 2.24) is 0 Å². The molecule has 8 heteroatoms. The van der Waals surface area contributed by atoms with Gasteiger partial charge in [-0.2, -0.15) is 0 Å². The number of aliphatic carboxylic acids is 1. The number of halogens is 1. The SMILES string of the molecule is CC(C1CC1)C(N)(C(=O)O)S(=O)(=O)c1ccc(F)c(CN)c1. The molecule has 22 heavy (non-hydrogen) atoms. The number of rotatable bonds is 6. The molecular formula is C14H19FN2O4S. The predicted octanol–water partition coefficient (Wildman–Crippen LogP) is 0.844. The van der Waals surface area contributed by atoms with Crippen molar-refractivity contribution in [1.29, 1.82) is 0 Å². The van der Waals surface area contributed by atoms with Gasteiger partial charge in [-0.1, -0.05) is 6.92 Å². The van der Waals surface area contributed by atoms with Crippen LogP contribution in [-0.4, -0.2) is 24.4 Å². The summed E-state index contributed by atoms with van der Waals surface area (Å²) in [7, 11) is -4.40. The molecule has 6 nitrogen and oxygen atoms in total. The third-order valence-electron chi connectivity index (χ3n) is 4.33. The van der Waals surface area contributed by atoms with Crippen molar-refractivity contribution in [3.8, 4) is 0 Å². The van der Waals surface area contributed by atoms with E-state index in [4.69, 9.17) is 11.5 Å². The number of benzene rings is 1. The van der Waals surface area contributed by atoms with Gasteiger partial charge in [0.05, 0.1) is 4.90 Å². The number of carbonyl (C=O) groups is 1. The Labute approximate surface area is 128 Å². The Hall–Kier alpha value is -1.51. The summed E-state index contributed by atoms with van der Waals surface area (Å²) >= 11 is 0. The van der Waals surface area contributed by atoms with Crippen LogP contribution in [0, 0.1) is 17.7 Å². The van der Waals surface area contributed by atoms with Crippen molar-refractivity contribution in [2.45, 2.75) is 36.1 Å². The predicted molar refractivity (Wildman–Crippen MR) is 77.9 cm³/mol. The Morgan fingerprint density at radius 2 is 2.09 bits per heavy atom. The van der Waals surface area contributed by atoms with Crippen LogP contribution in [0.3, 0.4) is 0 Å². The summed E-state index contributed by atoms with van der Waals surface area (Å²) in [6.07, 6.45) is 1.50. The first-order chi connectivity index (χ1) is 10.2. The van der Waals surface area contributed by atoms with Gasteiger partial charge in [0.15, 0.2) is 0 Å². The first-order valence-corrected chi connectivity index (χ1v) is 8.40.